The summed E-state index contributed by atoms with van der Waals surface area (Å²) >= 11 is 5.42. The van der Waals surface area contributed by atoms with Gasteiger partial charge in [0.05, 0.1) is 12.2 Å². The Bertz CT molecular complexity index is 747. The highest BCUT2D eigenvalue weighted by Gasteiger charge is 2.13. The summed E-state index contributed by atoms with van der Waals surface area (Å²) in [5.74, 6) is -0.316. The number of benzene rings is 2. The van der Waals surface area contributed by atoms with Crippen molar-refractivity contribution >= 4 is 29.0 Å². The zero-order chi connectivity index (χ0) is 18.9. The molecule has 2 aromatic rings. The number of carbonyl (C=O) groups is 1. The van der Waals surface area contributed by atoms with E-state index in [0.717, 1.165) is 24.1 Å². The van der Waals surface area contributed by atoms with Crippen LogP contribution >= 0.6 is 12.2 Å². The third kappa shape index (κ3) is 5.85. The molecule has 0 fully saturated rings. The number of nitrogens with one attached hydrogen (secondary N) is 2. The minimum absolute atomic E-state index is 0.240. The quantitative estimate of drug-likeness (QED) is 0.556. The van der Waals surface area contributed by atoms with Gasteiger partial charge in [-0.25, -0.2) is 4.79 Å². The lowest BCUT2D eigenvalue weighted by Gasteiger charge is -2.18. The molecule has 0 radical (unpaired) electrons. The van der Waals surface area contributed by atoms with Crippen LogP contribution in [0.25, 0.3) is 0 Å². The van der Waals surface area contributed by atoms with Gasteiger partial charge in [0.25, 0.3) is 0 Å². The lowest BCUT2D eigenvalue weighted by Crippen LogP contribution is -2.36. The second kappa shape index (κ2) is 9.92. The van der Waals surface area contributed by atoms with E-state index in [1.165, 1.54) is 5.56 Å². The van der Waals surface area contributed by atoms with Crippen LogP contribution in [0.15, 0.2) is 48.5 Å². The van der Waals surface area contributed by atoms with E-state index < -0.39 is 0 Å². The number of esters is 1. The van der Waals surface area contributed by atoms with Crippen molar-refractivity contribution in [2.75, 3.05) is 11.9 Å². The van der Waals surface area contributed by atoms with Crippen LogP contribution in [0.4, 0.5) is 5.69 Å². The van der Waals surface area contributed by atoms with E-state index in [9.17, 15) is 4.79 Å². The third-order valence-corrected chi connectivity index (χ3v) is 4.38. The normalized spacial score (nSPS) is 11.5. The van der Waals surface area contributed by atoms with Crippen molar-refractivity contribution in [1.82, 2.24) is 5.32 Å². The molecule has 138 valence electrons. The van der Waals surface area contributed by atoms with E-state index >= 15 is 0 Å². The smallest absolute Gasteiger partial charge is 0.338 e. The zero-order valence-corrected chi connectivity index (χ0v) is 16.4. The number of aryl methyl sites for hydroxylation is 1. The van der Waals surface area contributed by atoms with E-state index in [2.05, 4.69) is 41.8 Å². The summed E-state index contributed by atoms with van der Waals surface area (Å²) in [5.41, 5.74) is 3.50. The van der Waals surface area contributed by atoms with Crippen LogP contribution in [-0.4, -0.2) is 23.7 Å². The summed E-state index contributed by atoms with van der Waals surface area (Å²) in [6.07, 6.45) is 1.97. The molecule has 0 saturated carbocycles. The molecule has 2 N–H and O–H groups in total. The van der Waals surface area contributed by atoms with Gasteiger partial charge in [-0.2, -0.15) is 0 Å². The summed E-state index contributed by atoms with van der Waals surface area (Å²) in [7, 11) is 0. The van der Waals surface area contributed by atoms with Gasteiger partial charge in [0.2, 0.25) is 0 Å². The first-order valence-corrected chi connectivity index (χ1v) is 9.30. The molecule has 2 aromatic carbocycles. The molecular weight excluding hydrogens is 344 g/mol. The fourth-order valence-electron chi connectivity index (χ4n) is 2.68. The molecular formula is C21H26N2O2S. The number of carbonyl (C=O) groups excluding carboxylic acids is 1. The number of hydrogen-bond acceptors (Lipinski definition) is 3. The Balaban J connectivity index is 1.91. The fourth-order valence-corrected chi connectivity index (χ4v) is 2.99. The molecule has 5 heteroatoms. The molecule has 0 saturated heterocycles. The summed E-state index contributed by atoms with van der Waals surface area (Å²) in [5, 5.41) is 7.04. The first-order valence-electron chi connectivity index (χ1n) is 8.89. The molecule has 0 bridgehead atoms. The summed E-state index contributed by atoms with van der Waals surface area (Å²) < 4.78 is 5.09. The minimum Gasteiger partial charge on any atom is -0.462 e. The Labute approximate surface area is 161 Å². The van der Waals surface area contributed by atoms with Gasteiger partial charge in [-0.05, 0) is 69.1 Å². The van der Waals surface area contributed by atoms with Gasteiger partial charge < -0.3 is 15.4 Å². The second-order valence-corrected chi connectivity index (χ2v) is 6.63. The van der Waals surface area contributed by atoms with Gasteiger partial charge in [-0.15, -0.1) is 0 Å². The lowest BCUT2D eigenvalue weighted by atomic mass is 10.1. The van der Waals surface area contributed by atoms with Crippen molar-refractivity contribution in [3.63, 3.8) is 0 Å². The SMILES string of the molecule is CCOC(=O)c1cccc(NC(=S)N[C@H](C)CCc2ccccc2)c1C. The molecule has 0 aliphatic heterocycles. The van der Waals surface area contributed by atoms with Crippen LogP contribution in [0.5, 0.6) is 0 Å². The van der Waals surface area contributed by atoms with Crippen LogP contribution in [-0.2, 0) is 11.2 Å². The monoisotopic (exact) mass is 370 g/mol. The highest BCUT2D eigenvalue weighted by Crippen LogP contribution is 2.20. The van der Waals surface area contributed by atoms with Crippen molar-refractivity contribution in [1.29, 1.82) is 0 Å². The third-order valence-electron chi connectivity index (χ3n) is 4.16. The number of thiocarbonyl (C=S) groups is 1. The summed E-state index contributed by atoms with van der Waals surface area (Å²) in [6.45, 7) is 6.15. The average molecular weight is 371 g/mol. The average Bonchev–Trinajstić information content (AvgIpc) is 2.62. The number of rotatable bonds is 7. The van der Waals surface area contributed by atoms with Crippen LogP contribution in [0, 0.1) is 6.92 Å². The molecule has 26 heavy (non-hydrogen) atoms. The van der Waals surface area contributed by atoms with E-state index in [0.29, 0.717) is 17.3 Å². The molecule has 0 aromatic heterocycles. The Hall–Kier alpha value is -2.40. The second-order valence-electron chi connectivity index (χ2n) is 6.22. The first-order chi connectivity index (χ1) is 12.5. The summed E-state index contributed by atoms with van der Waals surface area (Å²) in [4.78, 5) is 12.0. The number of ether oxygens (including phenoxy) is 1. The van der Waals surface area contributed by atoms with Crippen molar-refractivity contribution in [2.45, 2.75) is 39.7 Å². The zero-order valence-electron chi connectivity index (χ0n) is 15.5. The molecule has 0 aliphatic rings. The van der Waals surface area contributed by atoms with E-state index in [-0.39, 0.29) is 12.0 Å². The molecule has 2 rings (SSSR count). The maximum absolute atomic E-state index is 12.0. The van der Waals surface area contributed by atoms with Crippen LogP contribution < -0.4 is 10.6 Å². The number of anilines is 1. The minimum atomic E-state index is -0.316. The Morgan fingerprint density at radius 3 is 2.58 bits per heavy atom. The van der Waals surface area contributed by atoms with E-state index in [4.69, 9.17) is 17.0 Å². The topological polar surface area (TPSA) is 50.4 Å². The van der Waals surface area contributed by atoms with E-state index in [1.54, 1.807) is 13.0 Å². The highest BCUT2D eigenvalue weighted by atomic mass is 32.1. The molecule has 0 spiro atoms. The lowest BCUT2D eigenvalue weighted by molar-refractivity contribution is 0.0525. The number of hydrogen-bond donors (Lipinski definition) is 2. The van der Waals surface area contributed by atoms with Gasteiger partial charge in [-0.1, -0.05) is 36.4 Å². The summed E-state index contributed by atoms with van der Waals surface area (Å²) in [6, 6.07) is 16.1. The van der Waals surface area contributed by atoms with Crippen molar-refractivity contribution in [2.24, 2.45) is 0 Å². The van der Waals surface area contributed by atoms with Crippen molar-refractivity contribution in [3.05, 3.63) is 65.2 Å². The Kier molecular flexibility index (Phi) is 7.60. The standard InChI is InChI=1S/C21H26N2O2S/c1-4-25-20(24)18-11-8-12-19(16(18)3)23-21(26)22-15(2)13-14-17-9-6-5-7-10-17/h5-12,15H,4,13-14H2,1-3H3,(H2,22,23,26)/t15-/m1/s1. The van der Waals surface area contributed by atoms with Crippen LogP contribution in [0.1, 0.15) is 41.8 Å². The van der Waals surface area contributed by atoms with Crippen molar-refractivity contribution < 1.29 is 9.53 Å². The Morgan fingerprint density at radius 2 is 1.88 bits per heavy atom. The van der Waals surface area contributed by atoms with Crippen molar-refractivity contribution in [3.8, 4) is 0 Å². The van der Waals surface area contributed by atoms with Gasteiger partial charge in [-0.3, -0.25) is 0 Å². The molecule has 0 heterocycles. The molecule has 0 aliphatic carbocycles. The van der Waals surface area contributed by atoms with Gasteiger partial charge in [0.1, 0.15) is 0 Å². The predicted molar refractivity (Wildman–Crippen MR) is 111 cm³/mol. The molecule has 0 amide bonds. The fraction of sp³-hybridized carbons (Fsp3) is 0.333. The van der Waals surface area contributed by atoms with E-state index in [1.807, 2.05) is 25.1 Å². The molecule has 4 nitrogen and oxygen atoms in total. The maximum atomic E-state index is 12.0. The predicted octanol–water partition coefficient (Wildman–Crippen LogP) is 4.48. The molecule has 1 atom stereocenters. The molecule has 0 unspecified atom stereocenters. The van der Waals surface area contributed by atoms with Crippen LogP contribution in [0.2, 0.25) is 0 Å². The van der Waals surface area contributed by atoms with Gasteiger partial charge in [0, 0.05) is 11.7 Å². The van der Waals surface area contributed by atoms with Gasteiger partial charge in [0.15, 0.2) is 5.11 Å². The van der Waals surface area contributed by atoms with Crippen LogP contribution in [0.3, 0.4) is 0 Å². The van der Waals surface area contributed by atoms with Gasteiger partial charge >= 0.3 is 5.97 Å². The Morgan fingerprint density at radius 1 is 1.15 bits per heavy atom. The first kappa shape index (κ1) is 19.9. The largest absolute Gasteiger partial charge is 0.462 e. The maximum Gasteiger partial charge on any atom is 0.338 e. The highest BCUT2D eigenvalue weighted by molar-refractivity contribution is 7.80.